The fourth-order valence-corrected chi connectivity index (χ4v) is 3.76. The van der Waals surface area contributed by atoms with Crippen molar-refractivity contribution >= 4 is 23.2 Å². The number of carbonyl (C=O) groups excluding carboxylic acids is 1. The Labute approximate surface area is 177 Å². The first-order chi connectivity index (χ1) is 14.0. The summed E-state index contributed by atoms with van der Waals surface area (Å²) in [6, 6.07) is 13.6. The lowest BCUT2D eigenvalue weighted by Crippen LogP contribution is -2.49. The molecule has 1 fully saturated rings. The Morgan fingerprint density at radius 3 is 2.38 bits per heavy atom. The van der Waals surface area contributed by atoms with Gasteiger partial charge in [0.15, 0.2) is 11.5 Å². The Morgan fingerprint density at radius 1 is 1.03 bits per heavy atom. The molecular weight excluding hydrogens is 390 g/mol. The normalized spacial score (nSPS) is 14.6. The standard InChI is InChI=1S/C22H28ClN3O3/c1-24(15-17-8-9-20(28-2)21(14-17)29-3)22(27)16-25-10-12-26(13-11-25)19-7-5-4-6-18(19)23/h4-9,14H,10-13,15-16H2,1-3H3. The van der Waals surface area contributed by atoms with E-state index in [0.29, 0.717) is 24.6 Å². The molecule has 156 valence electrons. The van der Waals surface area contributed by atoms with Crippen molar-refractivity contribution in [1.82, 2.24) is 9.80 Å². The number of anilines is 1. The molecule has 0 radical (unpaired) electrons. The van der Waals surface area contributed by atoms with E-state index in [1.807, 2.05) is 49.5 Å². The molecule has 0 aromatic heterocycles. The van der Waals surface area contributed by atoms with Gasteiger partial charge in [-0.15, -0.1) is 0 Å². The van der Waals surface area contributed by atoms with Gasteiger partial charge in [0, 0.05) is 39.8 Å². The number of amides is 1. The molecular formula is C22H28ClN3O3. The number of hydrogen-bond acceptors (Lipinski definition) is 5. The number of carbonyl (C=O) groups is 1. The third kappa shape index (κ3) is 5.34. The van der Waals surface area contributed by atoms with Gasteiger partial charge in [0.1, 0.15) is 0 Å². The minimum Gasteiger partial charge on any atom is -0.493 e. The number of piperazine rings is 1. The summed E-state index contributed by atoms with van der Waals surface area (Å²) in [5, 5.41) is 0.770. The van der Waals surface area contributed by atoms with E-state index in [2.05, 4.69) is 9.80 Å². The van der Waals surface area contributed by atoms with Crippen molar-refractivity contribution in [2.75, 3.05) is 58.9 Å². The van der Waals surface area contributed by atoms with Crippen molar-refractivity contribution < 1.29 is 14.3 Å². The van der Waals surface area contributed by atoms with E-state index < -0.39 is 0 Å². The maximum absolute atomic E-state index is 12.7. The monoisotopic (exact) mass is 417 g/mol. The average Bonchev–Trinajstić information content (AvgIpc) is 2.74. The molecule has 1 aliphatic rings. The topological polar surface area (TPSA) is 45.2 Å². The van der Waals surface area contributed by atoms with Crippen LogP contribution in [0, 0.1) is 0 Å². The number of hydrogen-bond donors (Lipinski definition) is 0. The van der Waals surface area contributed by atoms with Crippen molar-refractivity contribution in [1.29, 1.82) is 0 Å². The van der Waals surface area contributed by atoms with Gasteiger partial charge in [-0.3, -0.25) is 9.69 Å². The smallest absolute Gasteiger partial charge is 0.236 e. The van der Waals surface area contributed by atoms with E-state index in [1.165, 1.54) is 0 Å². The number of methoxy groups -OCH3 is 2. The molecule has 0 spiro atoms. The van der Waals surface area contributed by atoms with Gasteiger partial charge < -0.3 is 19.3 Å². The molecule has 0 aliphatic carbocycles. The van der Waals surface area contributed by atoms with Crippen LogP contribution in [0.3, 0.4) is 0 Å². The first kappa shape index (κ1) is 21.3. The van der Waals surface area contributed by atoms with E-state index in [1.54, 1.807) is 19.1 Å². The SMILES string of the molecule is COc1ccc(CN(C)C(=O)CN2CCN(c3ccccc3Cl)CC2)cc1OC. The maximum Gasteiger partial charge on any atom is 0.236 e. The first-order valence-electron chi connectivity index (χ1n) is 9.68. The van der Waals surface area contributed by atoms with Crippen LogP contribution < -0.4 is 14.4 Å². The lowest BCUT2D eigenvalue weighted by molar-refractivity contribution is -0.131. The van der Waals surface area contributed by atoms with E-state index in [9.17, 15) is 4.79 Å². The molecule has 1 saturated heterocycles. The van der Waals surface area contributed by atoms with Crippen LogP contribution in [-0.4, -0.2) is 69.7 Å². The molecule has 1 aliphatic heterocycles. The lowest BCUT2D eigenvalue weighted by Gasteiger charge is -2.36. The number of nitrogens with zero attached hydrogens (tertiary/aromatic N) is 3. The van der Waals surface area contributed by atoms with Gasteiger partial charge in [-0.05, 0) is 29.8 Å². The lowest BCUT2D eigenvalue weighted by atomic mass is 10.2. The molecule has 0 N–H and O–H groups in total. The second-order valence-corrected chi connectivity index (χ2v) is 7.56. The highest BCUT2D eigenvalue weighted by atomic mass is 35.5. The average molecular weight is 418 g/mol. The quantitative estimate of drug-likeness (QED) is 0.692. The van der Waals surface area contributed by atoms with Crippen LogP contribution in [0.5, 0.6) is 11.5 Å². The largest absolute Gasteiger partial charge is 0.493 e. The van der Waals surface area contributed by atoms with Crippen LogP contribution in [0.15, 0.2) is 42.5 Å². The highest BCUT2D eigenvalue weighted by molar-refractivity contribution is 6.33. The number of ether oxygens (including phenoxy) is 2. The van der Waals surface area contributed by atoms with Gasteiger partial charge in [0.05, 0.1) is 31.5 Å². The summed E-state index contributed by atoms with van der Waals surface area (Å²) in [5.74, 6) is 1.45. The van der Waals surface area contributed by atoms with Crippen LogP contribution in [0.2, 0.25) is 5.02 Å². The summed E-state index contributed by atoms with van der Waals surface area (Å²) in [6.45, 7) is 4.33. The van der Waals surface area contributed by atoms with Crippen LogP contribution in [0.1, 0.15) is 5.56 Å². The Balaban J connectivity index is 1.51. The Morgan fingerprint density at radius 2 is 1.72 bits per heavy atom. The zero-order valence-corrected chi connectivity index (χ0v) is 18.0. The second-order valence-electron chi connectivity index (χ2n) is 7.15. The van der Waals surface area contributed by atoms with Crippen molar-refractivity contribution in [3.63, 3.8) is 0 Å². The number of likely N-dealkylation sites (N-methyl/N-ethyl adjacent to an activating group) is 1. The van der Waals surface area contributed by atoms with Crippen molar-refractivity contribution in [2.45, 2.75) is 6.54 Å². The van der Waals surface area contributed by atoms with Crippen LogP contribution in [0.4, 0.5) is 5.69 Å². The molecule has 0 unspecified atom stereocenters. The third-order valence-electron chi connectivity index (χ3n) is 5.22. The Bertz CT molecular complexity index is 838. The first-order valence-corrected chi connectivity index (χ1v) is 10.1. The van der Waals surface area contributed by atoms with Crippen molar-refractivity contribution in [3.05, 3.63) is 53.1 Å². The molecule has 29 heavy (non-hydrogen) atoms. The van der Waals surface area contributed by atoms with Crippen LogP contribution in [-0.2, 0) is 11.3 Å². The molecule has 1 heterocycles. The van der Waals surface area contributed by atoms with E-state index in [0.717, 1.165) is 42.5 Å². The van der Waals surface area contributed by atoms with Crippen LogP contribution in [0.25, 0.3) is 0 Å². The molecule has 0 atom stereocenters. The highest BCUT2D eigenvalue weighted by Crippen LogP contribution is 2.28. The summed E-state index contributed by atoms with van der Waals surface area (Å²) in [6.07, 6.45) is 0. The minimum absolute atomic E-state index is 0.103. The zero-order chi connectivity index (χ0) is 20.8. The zero-order valence-electron chi connectivity index (χ0n) is 17.2. The molecule has 2 aromatic carbocycles. The van der Waals surface area contributed by atoms with Crippen molar-refractivity contribution in [2.24, 2.45) is 0 Å². The number of para-hydroxylation sites is 1. The number of halogens is 1. The predicted molar refractivity (Wildman–Crippen MR) is 116 cm³/mol. The van der Waals surface area contributed by atoms with Gasteiger partial charge in [-0.2, -0.15) is 0 Å². The van der Waals surface area contributed by atoms with Gasteiger partial charge in [0.2, 0.25) is 5.91 Å². The molecule has 0 bridgehead atoms. The van der Waals surface area contributed by atoms with Crippen LogP contribution >= 0.6 is 11.6 Å². The summed E-state index contributed by atoms with van der Waals surface area (Å²) < 4.78 is 10.6. The second kappa shape index (κ2) is 9.85. The summed E-state index contributed by atoms with van der Waals surface area (Å²) in [5.41, 5.74) is 2.06. The maximum atomic E-state index is 12.7. The molecule has 7 heteroatoms. The van der Waals surface area contributed by atoms with Gasteiger partial charge in [0.25, 0.3) is 0 Å². The predicted octanol–water partition coefficient (Wildman–Crippen LogP) is 3.14. The van der Waals surface area contributed by atoms with E-state index >= 15 is 0 Å². The molecule has 1 amide bonds. The number of benzene rings is 2. The molecule has 6 nitrogen and oxygen atoms in total. The van der Waals surface area contributed by atoms with Crippen molar-refractivity contribution in [3.8, 4) is 11.5 Å². The molecule has 2 aromatic rings. The summed E-state index contributed by atoms with van der Waals surface area (Å²) >= 11 is 6.30. The number of rotatable bonds is 7. The fraction of sp³-hybridized carbons (Fsp3) is 0.409. The van der Waals surface area contributed by atoms with Gasteiger partial charge in [-0.25, -0.2) is 0 Å². The van der Waals surface area contributed by atoms with E-state index in [-0.39, 0.29) is 5.91 Å². The third-order valence-corrected chi connectivity index (χ3v) is 5.54. The van der Waals surface area contributed by atoms with Gasteiger partial charge in [-0.1, -0.05) is 29.8 Å². The Kier molecular flexibility index (Phi) is 7.23. The fourth-order valence-electron chi connectivity index (χ4n) is 3.51. The Hall–Kier alpha value is -2.44. The molecule has 0 saturated carbocycles. The summed E-state index contributed by atoms with van der Waals surface area (Å²) in [7, 11) is 5.05. The molecule has 3 rings (SSSR count). The van der Waals surface area contributed by atoms with Gasteiger partial charge >= 0.3 is 0 Å². The van der Waals surface area contributed by atoms with E-state index in [4.69, 9.17) is 21.1 Å². The highest BCUT2D eigenvalue weighted by Gasteiger charge is 2.22. The summed E-state index contributed by atoms with van der Waals surface area (Å²) in [4.78, 5) is 18.9. The minimum atomic E-state index is 0.103.